The van der Waals surface area contributed by atoms with Gasteiger partial charge in [0.05, 0.1) is 0 Å². The number of hydrogen-bond donors (Lipinski definition) is 2. The lowest BCUT2D eigenvalue weighted by Crippen LogP contribution is -2.19. The Morgan fingerprint density at radius 3 is 2.24 bits per heavy atom. The van der Waals surface area contributed by atoms with Crippen molar-refractivity contribution in [1.29, 1.82) is 0 Å². The van der Waals surface area contributed by atoms with Crippen LogP contribution >= 0.6 is 0 Å². The molecule has 0 aliphatic carbocycles. The molecule has 1 rings (SSSR count). The van der Waals surface area contributed by atoms with Crippen molar-refractivity contribution in [3.05, 3.63) is 34.4 Å². The molecule has 1 aromatic rings. The molecule has 0 heterocycles. The van der Waals surface area contributed by atoms with Gasteiger partial charge in [-0.3, -0.25) is 0 Å². The van der Waals surface area contributed by atoms with E-state index in [1.165, 1.54) is 22.3 Å². The van der Waals surface area contributed by atoms with E-state index in [2.05, 4.69) is 38.2 Å². The highest BCUT2D eigenvalue weighted by atomic mass is 16.2. The van der Waals surface area contributed by atoms with E-state index in [-0.39, 0.29) is 0 Å². The molecule has 0 spiro atoms. The first-order valence-corrected chi connectivity index (χ1v) is 6.53. The second kappa shape index (κ2) is 7.46. The third-order valence-electron chi connectivity index (χ3n) is 3.15. The van der Waals surface area contributed by atoms with Crippen LogP contribution in [0.15, 0.2) is 12.1 Å². The molecule has 0 aliphatic heterocycles. The summed E-state index contributed by atoms with van der Waals surface area (Å²) < 4.78 is 0. The number of aryl methyl sites for hydroxylation is 3. The molecule has 0 amide bonds. The molecule has 96 valence electrons. The fourth-order valence-electron chi connectivity index (χ4n) is 2.30. The van der Waals surface area contributed by atoms with Crippen molar-refractivity contribution in [2.75, 3.05) is 19.7 Å². The molecule has 0 atom stereocenters. The number of aliphatic hydroxyl groups excluding tert-OH is 1. The predicted molar refractivity (Wildman–Crippen MR) is 73.5 cm³/mol. The van der Waals surface area contributed by atoms with E-state index >= 15 is 0 Å². The Morgan fingerprint density at radius 2 is 1.65 bits per heavy atom. The second-order valence-corrected chi connectivity index (χ2v) is 4.81. The highest BCUT2D eigenvalue weighted by Crippen LogP contribution is 2.16. The van der Waals surface area contributed by atoms with Gasteiger partial charge in [0, 0.05) is 6.61 Å². The molecule has 2 N–H and O–H groups in total. The highest BCUT2D eigenvalue weighted by molar-refractivity contribution is 5.37. The van der Waals surface area contributed by atoms with Crippen LogP contribution in [0.3, 0.4) is 0 Å². The van der Waals surface area contributed by atoms with Crippen LogP contribution in [-0.2, 0) is 6.42 Å². The number of benzene rings is 1. The van der Waals surface area contributed by atoms with Crippen molar-refractivity contribution >= 4 is 0 Å². The lowest BCUT2D eigenvalue weighted by atomic mass is 9.97. The van der Waals surface area contributed by atoms with Crippen LogP contribution in [-0.4, -0.2) is 24.8 Å². The van der Waals surface area contributed by atoms with E-state index in [1.807, 2.05) is 0 Å². The summed E-state index contributed by atoms with van der Waals surface area (Å²) in [6.45, 7) is 8.87. The third-order valence-corrected chi connectivity index (χ3v) is 3.15. The fraction of sp³-hybridized carbons (Fsp3) is 0.600. The Labute approximate surface area is 105 Å². The summed E-state index contributed by atoms with van der Waals surface area (Å²) in [7, 11) is 0. The number of aliphatic hydroxyl groups is 1. The quantitative estimate of drug-likeness (QED) is 0.712. The number of nitrogens with one attached hydrogen (secondary N) is 1. The number of hydrogen-bond acceptors (Lipinski definition) is 2. The highest BCUT2D eigenvalue weighted by Gasteiger charge is 2.03. The lowest BCUT2D eigenvalue weighted by molar-refractivity contribution is 0.284. The van der Waals surface area contributed by atoms with E-state index in [0.29, 0.717) is 6.61 Å². The molecule has 2 heteroatoms. The molecule has 17 heavy (non-hydrogen) atoms. The third kappa shape index (κ3) is 4.88. The Morgan fingerprint density at radius 1 is 1.00 bits per heavy atom. The SMILES string of the molecule is Cc1cc(C)c(CCNCCCCO)c(C)c1. The fourth-order valence-corrected chi connectivity index (χ4v) is 2.30. The van der Waals surface area contributed by atoms with Crippen molar-refractivity contribution in [2.24, 2.45) is 0 Å². The molecule has 0 bridgehead atoms. The van der Waals surface area contributed by atoms with Gasteiger partial charge >= 0.3 is 0 Å². The van der Waals surface area contributed by atoms with Gasteiger partial charge in [-0.05, 0) is 69.8 Å². The Hall–Kier alpha value is -0.860. The molecular formula is C15H25NO. The monoisotopic (exact) mass is 235 g/mol. The Balaban J connectivity index is 2.36. The zero-order valence-electron chi connectivity index (χ0n) is 11.3. The maximum Gasteiger partial charge on any atom is 0.0431 e. The molecule has 0 saturated carbocycles. The summed E-state index contributed by atoms with van der Waals surface area (Å²) in [5.41, 5.74) is 5.63. The van der Waals surface area contributed by atoms with Gasteiger partial charge in [-0.25, -0.2) is 0 Å². The van der Waals surface area contributed by atoms with E-state index in [1.54, 1.807) is 0 Å². The molecule has 0 radical (unpaired) electrons. The van der Waals surface area contributed by atoms with E-state index in [0.717, 1.165) is 32.4 Å². The molecule has 0 unspecified atom stereocenters. The standard InChI is InChI=1S/C15H25NO/c1-12-10-13(2)15(14(3)11-12)6-8-16-7-4-5-9-17/h10-11,16-17H,4-9H2,1-3H3. The smallest absolute Gasteiger partial charge is 0.0431 e. The second-order valence-electron chi connectivity index (χ2n) is 4.81. The zero-order valence-corrected chi connectivity index (χ0v) is 11.3. The molecule has 0 aliphatic rings. The number of unbranched alkanes of at least 4 members (excludes halogenated alkanes) is 1. The van der Waals surface area contributed by atoms with Gasteiger partial charge in [0.2, 0.25) is 0 Å². The Kier molecular flexibility index (Phi) is 6.23. The average Bonchev–Trinajstić information content (AvgIpc) is 2.26. The van der Waals surface area contributed by atoms with Crippen molar-refractivity contribution in [3.63, 3.8) is 0 Å². The summed E-state index contributed by atoms with van der Waals surface area (Å²) in [6, 6.07) is 4.52. The summed E-state index contributed by atoms with van der Waals surface area (Å²) in [4.78, 5) is 0. The average molecular weight is 235 g/mol. The van der Waals surface area contributed by atoms with Gasteiger partial charge < -0.3 is 10.4 Å². The summed E-state index contributed by atoms with van der Waals surface area (Å²) >= 11 is 0. The zero-order chi connectivity index (χ0) is 12.7. The molecule has 0 fully saturated rings. The van der Waals surface area contributed by atoms with Crippen molar-refractivity contribution in [2.45, 2.75) is 40.0 Å². The first kappa shape index (κ1) is 14.2. The lowest BCUT2D eigenvalue weighted by Gasteiger charge is -2.11. The minimum atomic E-state index is 0.303. The normalized spacial score (nSPS) is 10.8. The van der Waals surface area contributed by atoms with Gasteiger partial charge in [0.1, 0.15) is 0 Å². The first-order valence-electron chi connectivity index (χ1n) is 6.53. The maximum absolute atomic E-state index is 8.67. The van der Waals surface area contributed by atoms with Crippen LogP contribution in [0.25, 0.3) is 0 Å². The summed E-state index contributed by atoms with van der Waals surface area (Å²) in [5.74, 6) is 0. The van der Waals surface area contributed by atoms with E-state index < -0.39 is 0 Å². The number of rotatable bonds is 7. The van der Waals surface area contributed by atoms with Crippen LogP contribution in [0.5, 0.6) is 0 Å². The minimum absolute atomic E-state index is 0.303. The van der Waals surface area contributed by atoms with Crippen LogP contribution in [0.2, 0.25) is 0 Å². The summed E-state index contributed by atoms with van der Waals surface area (Å²) in [5, 5.41) is 12.1. The minimum Gasteiger partial charge on any atom is -0.396 e. The topological polar surface area (TPSA) is 32.3 Å². The maximum atomic E-state index is 8.67. The van der Waals surface area contributed by atoms with Crippen molar-refractivity contribution < 1.29 is 5.11 Å². The van der Waals surface area contributed by atoms with Gasteiger partial charge in [-0.15, -0.1) is 0 Å². The van der Waals surface area contributed by atoms with Crippen LogP contribution in [0.4, 0.5) is 0 Å². The van der Waals surface area contributed by atoms with Gasteiger partial charge in [-0.2, -0.15) is 0 Å². The first-order chi connectivity index (χ1) is 8.15. The van der Waals surface area contributed by atoms with Crippen molar-refractivity contribution in [1.82, 2.24) is 5.32 Å². The Bertz CT molecular complexity index is 324. The van der Waals surface area contributed by atoms with E-state index in [9.17, 15) is 0 Å². The van der Waals surface area contributed by atoms with Crippen LogP contribution < -0.4 is 5.32 Å². The molecule has 0 saturated heterocycles. The van der Waals surface area contributed by atoms with Crippen LogP contribution in [0, 0.1) is 20.8 Å². The van der Waals surface area contributed by atoms with E-state index in [4.69, 9.17) is 5.11 Å². The largest absolute Gasteiger partial charge is 0.396 e. The van der Waals surface area contributed by atoms with Gasteiger partial charge in [0.25, 0.3) is 0 Å². The van der Waals surface area contributed by atoms with Crippen LogP contribution in [0.1, 0.15) is 35.1 Å². The molecule has 2 nitrogen and oxygen atoms in total. The molecule has 1 aromatic carbocycles. The van der Waals surface area contributed by atoms with Gasteiger partial charge in [-0.1, -0.05) is 17.7 Å². The van der Waals surface area contributed by atoms with Crippen molar-refractivity contribution in [3.8, 4) is 0 Å². The molecular weight excluding hydrogens is 210 g/mol. The predicted octanol–water partition coefficient (Wildman–Crippen LogP) is 2.52. The van der Waals surface area contributed by atoms with Gasteiger partial charge in [0.15, 0.2) is 0 Å². The summed E-state index contributed by atoms with van der Waals surface area (Å²) in [6.07, 6.45) is 3.05. The molecule has 0 aromatic heterocycles.